The molecule has 0 saturated carbocycles. The smallest absolute Gasteiger partial charge is 0.412 e. The Morgan fingerprint density at radius 1 is 0.969 bits per heavy atom. The van der Waals surface area contributed by atoms with Gasteiger partial charge in [0.25, 0.3) is 0 Å². The number of nitrogens with zero attached hydrogens (tertiary/aromatic N) is 1. The molecule has 2 aromatic carbocycles. The molecule has 0 aromatic heterocycles. The summed E-state index contributed by atoms with van der Waals surface area (Å²) < 4.78 is 5.25. The van der Waals surface area contributed by atoms with Crippen LogP contribution in [0.1, 0.15) is 42.3 Å². The van der Waals surface area contributed by atoms with Gasteiger partial charge in [-0.25, -0.2) is 4.79 Å². The standard InChI is InChI=1S/C23H31N5O3.HI/c1-23(2,3)31-22(30)28-19-11-7-16(8-12-19)13-14-26-21(25-4)27-15-17-5-9-18(10-6-17)20(24)29;/h5-12H,13-15H2,1-4H3,(H2,24,29)(H,28,30)(H2,25,26,27);1H. The lowest BCUT2D eigenvalue weighted by Crippen LogP contribution is -2.37. The lowest BCUT2D eigenvalue weighted by molar-refractivity contribution is 0.0635. The molecule has 2 rings (SSSR count). The molecule has 0 atom stereocenters. The van der Waals surface area contributed by atoms with Crippen LogP contribution in [0.2, 0.25) is 0 Å². The van der Waals surface area contributed by atoms with Crippen LogP contribution in [-0.4, -0.2) is 37.2 Å². The van der Waals surface area contributed by atoms with Crippen molar-refractivity contribution >= 4 is 47.6 Å². The van der Waals surface area contributed by atoms with Crippen LogP contribution < -0.4 is 21.7 Å². The van der Waals surface area contributed by atoms with Gasteiger partial charge in [-0.15, -0.1) is 24.0 Å². The summed E-state index contributed by atoms with van der Waals surface area (Å²) in [6, 6.07) is 14.7. The number of aliphatic imine (C=N–C) groups is 1. The first-order chi connectivity index (χ1) is 14.7. The molecule has 0 aliphatic carbocycles. The van der Waals surface area contributed by atoms with Gasteiger partial charge in [-0.2, -0.15) is 0 Å². The molecule has 0 saturated heterocycles. The zero-order chi connectivity index (χ0) is 22.9. The molecule has 8 nitrogen and oxygen atoms in total. The summed E-state index contributed by atoms with van der Waals surface area (Å²) in [6.45, 7) is 6.74. The number of benzene rings is 2. The summed E-state index contributed by atoms with van der Waals surface area (Å²) in [6.07, 6.45) is 0.321. The Morgan fingerprint density at radius 2 is 1.56 bits per heavy atom. The second kappa shape index (κ2) is 12.9. The van der Waals surface area contributed by atoms with Crippen LogP contribution in [0, 0.1) is 0 Å². The van der Waals surface area contributed by atoms with Crippen molar-refractivity contribution in [2.45, 2.75) is 39.3 Å². The molecule has 174 valence electrons. The van der Waals surface area contributed by atoms with Crippen molar-refractivity contribution in [3.63, 3.8) is 0 Å². The Morgan fingerprint density at radius 3 is 2.09 bits per heavy atom. The van der Waals surface area contributed by atoms with E-state index in [4.69, 9.17) is 10.5 Å². The summed E-state index contributed by atoms with van der Waals surface area (Å²) in [7, 11) is 1.71. The minimum Gasteiger partial charge on any atom is -0.444 e. The van der Waals surface area contributed by atoms with Gasteiger partial charge in [0.05, 0.1) is 0 Å². The number of hydrogen-bond donors (Lipinski definition) is 4. The van der Waals surface area contributed by atoms with Crippen molar-refractivity contribution in [1.82, 2.24) is 10.6 Å². The number of hydrogen-bond acceptors (Lipinski definition) is 4. The molecule has 0 bridgehead atoms. The van der Waals surface area contributed by atoms with E-state index in [1.54, 1.807) is 19.2 Å². The van der Waals surface area contributed by atoms with Gasteiger partial charge < -0.3 is 21.1 Å². The third-order valence-corrected chi connectivity index (χ3v) is 4.23. The number of halogens is 1. The van der Waals surface area contributed by atoms with Crippen molar-refractivity contribution in [1.29, 1.82) is 0 Å². The predicted octanol–water partition coefficient (Wildman–Crippen LogP) is 3.66. The number of anilines is 1. The van der Waals surface area contributed by atoms with Crippen LogP contribution in [0.3, 0.4) is 0 Å². The largest absolute Gasteiger partial charge is 0.444 e. The molecule has 32 heavy (non-hydrogen) atoms. The Kier molecular flexibility index (Phi) is 11.0. The van der Waals surface area contributed by atoms with Crippen molar-refractivity contribution in [3.8, 4) is 0 Å². The maximum absolute atomic E-state index is 11.8. The first kappa shape index (κ1) is 27.2. The quantitative estimate of drug-likeness (QED) is 0.237. The number of primary amides is 1. The van der Waals surface area contributed by atoms with E-state index >= 15 is 0 Å². The molecular formula is C23H32IN5O3. The number of nitrogens with one attached hydrogen (secondary N) is 3. The first-order valence-corrected chi connectivity index (χ1v) is 10.1. The van der Waals surface area contributed by atoms with E-state index in [0.717, 1.165) is 17.5 Å². The van der Waals surface area contributed by atoms with Gasteiger partial charge in [0, 0.05) is 31.4 Å². The fourth-order valence-corrected chi connectivity index (χ4v) is 2.69. The van der Waals surface area contributed by atoms with Crippen LogP contribution in [0.5, 0.6) is 0 Å². The van der Waals surface area contributed by atoms with E-state index < -0.39 is 17.6 Å². The number of nitrogens with two attached hydrogens (primary N) is 1. The summed E-state index contributed by atoms with van der Waals surface area (Å²) in [4.78, 5) is 27.2. The van der Waals surface area contributed by atoms with Crippen LogP contribution in [0.25, 0.3) is 0 Å². The molecule has 2 amide bonds. The van der Waals surface area contributed by atoms with E-state index in [1.165, 1.54) is 0 Å². The Hall–Kier alpha value is -2.82. The average Bonchev–Trinajstić information content (AvgIpc) is 2.70. The van der Waals surface area contributed by atoms with Gasteiger partial charge in [0.15, 0.2) is 5.96 Å². The van der Waals surface area contributed by atoms with E-state index in [1.807, 2.05) is 57.2 Å². The number of carbonyl (C=O) groups excluding carboxylic acids is 2. The summed E-state index contributed by atoms with van der Waals surface area (Å²) >= 11 is 0. The minimum absolute atomic E-state index is 0. The van der Waals surface area contributed by atoms with Gasteiger partial charge in [-0.3, -0.25) is 15.1 Å². The van der Waals surface area contributed by atoms with Crippen LogP contribution >= 0.6 is 24.0 Å². The Balaban J connectivity index is 0.00000512. The third-order valence-electron chi connectivity index (χ3n) is 4.23. The highest BCUT2D eigenvalue weighted by Gasteiger charge is 2.16. The van der Waals surface area contributed by atoms with E-state index in [-0.39, 0.29) is 24.0 Å². The molecule has 0 radical (unpaired) electrons. The van der Waals surface area contributed by atoms with Crippen molar-refractivity contribution < 1.29 is 14.3 Å². The molecule has 2 aromatic rings. The van der Waals surface area contributed by atoms with Gasteiger partial charge in [-0.05, 0) is 62.6 Å². The number of amides is 2. The van der Waals surface area contributed by atoms with Gasteiger partial charge in [0.2, 0.25) is 5.91 Å². The first-order valence-electron chi connectivity index (χ1n) is 10.1. The minimum atomic E-state index is -0.533. The summed E-state index contributed by atoms with van der Waals surface area (Å²) in [5.74, 6) is 0.243. The monoisotopic (exact) mass is 553 g/mol. The fourth-order valence-electron chi connectivity index (χ4n) is 2.69. The highest BCUT2D eigenvalue weighted by molar-refractivity contribution is 14.0. The SMILES string of the molecule is CN=C(NCCc1ccc(NC(=O)OC(C)(C)C)cc1)NCc1ccc(C(N)=O)cc1.I. The number of rotatable bonds is 7. The normalized spacial score (nSPS) is 11.2. The highest BCUT2D eigenvalue weighted by atomic mass is 127. The number of ether oxygens (including phenoxy) is 1. The van der Waals surface area contributed by atoms with Crippen molar-refractivity contribution in [2.75, 3.05) is 18.9 Å². The zero-order valence-electron chi connectivity index (χ0n) is 18.9. The molecular weight excluding hydrogens is 521 g/mol. The zero-order valence-corrected chi connectivity index (χ0v) is 21.2. The molecule has 0 fully saturated rings. The van der Waals surface area contributed by atoms with Crippen molar-refractivity contribution in [2.24, 2.45) is 10.7 Å². The lowest BCUT2D eigenvalue weighted by Gasteiger charge is -2.19. The second-order valence-electron chi connectivity index (χ2n) is 7.99. The third kappa shape index (κ3) is 9.99. The Bertz CT molecular complexity index is 907. The number of guanidine groups is 1. The molecule has 0 unspecified atom stereocenters. The molecule has 0 spiro atoms. The topological polar surface area (TPSA) is 118 Å². The van der Waals surface area contributed by atoms with E-state index in [2.05, 4.69) is 20.9 Å². The average molecular weight is 553 g/mol. The fraction of sp³-hybridized carbons (Fsp3) is 0.348. The van der Waals surface area contributed by atoms with E-state index in [9.17, 15) is 9.59 Å². The van der Waals surface area contributed by atoms with Crippen molar-refractivity contribution in [3.05, 3.63) is 65.2 Å². The van der Waals surface area contributed by atoms with E-state index in [0.29, 0.717) is 30.3 Å². The number of carbonyl (C=O) groups is 2. The highest BCUT2D eigenvalue weighted by Crippen LogP contribution is 2.13. The maximum atomic E-state index is 11.8. The lowest BCUT2D eigenvalue weighted by atomic mass is 10.1. The maximum Gasteiger partial charge on any atom is 0.412 e. The summed E-state index contributed by atoms with van der Waals surface area (Å²) in [5.41, 5.74) is 8.03. The van der Waals surface area contributed by atoms with Crippen LogP contribution in [0.15, 0.2) is 53.5 Å². The molecule has 9 heteroatoms. The second-order valence-corrected chi connectivity index (χ2v) is 7.99. The predicted molar refractivity (Wildman–Crippen MR) is 139 cm³/mol. The summed E-state index contributed by atoms with van der Waals surface area (Å²) in [5, 5.41) is 9.22. The molecule has 5 N–H and O–H groups in total. The van der Waals surface area contributed by atoms with Gasteiger partial charge in [0.1, 0.15) is 5.60 Å². The van der Waals surface area contributed by atoms with Gasteiger partial charge >= 0.3 is 6.09 Å². The van der Waals surface area contributed by atoms with Gasteiger partial charge in [-0.1, -0.05) is 24.3 Å². The molecule has 0 heterocycles. The Labute approximate surface area is 206 Å². The molecule has 0 aliphatic heterocycles. The van der Waals surface area contributed by atoms with Crippen LogP contribution in [-0.2, 0) is 17.7 Å². The van der Waals surface area contributed by atoms with Crippen LogP contribution in [0.4, 0.5) is 10.5 Å². The molecule has 0 aliphatic rings.